The van der Waals surface area contributed by atoms with Crippen molar-refractivity contribution in [3.05, 3.63) is 59.8 Å². The minimum absolute atomic E-state index is 0.681. The van der Waals surface area contributed by atoms with E-state index >= 15 is 0 Å². The van der Waals surface area contributed by atoms with Gasteiger partial charge in [-0.25, -0.2) is 0 Å². The van der Waals surface area contributed by atoms with Gasteiger partial charge in [0.05, 0.1) is 0 Å². The van der Waals surface area contributed by atoms with Crippen LogP contribution in [0.4, 0.5) is 0 Å². The summed E-state index contributed by atoms with van der Waals surface area (Å²) in [7, 11) is 0. The molecule has 0 aliphatic heterocycles. The first-order chi connectivity index (χ1) is 7.83. The van der Waals surface area contributed by atoms with E-state index in [0.29, 0.717) is 5.15 Å². The highest BCUT2D eigenvalue weighted by atomic mass is 35.5. The van der Waals surface area contributed by atoms with Crippen LogP contribution in [0.1, 0.15) is 0 Å². The number of aromatic nitrogens is 1. The van der Waals surface area contributed by atoms with Crippen LogP contribution < -0.4 is 0 Å². The summed E-state index contributed by atoms with van der Waals surface area (Å²) < 4.78 is 0. The van der Waals surface area contributed by atoms with Crippen molar-refractivity contribution in [1.29, 1.82) is 0 Å². The van der Waals surface area contributed by atoms with Gasteiger partial charge in [0.2, 0.25) is 0 Å². The van der Waals surface area contributed by atoms with Gasteiger partial charge in [0, 0.05) is 10.9 Å². The van der Waals surface area contributed by atoms with E-state index < -0.39 is 0 Å². The lowest BCUT2D eigenvalue weighted by atomic mass is 10.0. The zero-order valence-electron chi connectivity index (χ0n) is 8.57. The molecule has 1 N–H and O–H groups in total. The number of nitrogens with one attached hydrogen (secondary N) is 1. The molecule has 2 aromatic carbocycles. The molecule has 0 saturated carbocycles. The Morgan fingerprint density at radius 1 is 0.812 bits per heavy atom. The number of benzene rings is 2. The van der Waals surface area contributed by atoms with Gasteiger partial charge >= 0.3 is 0 Å². The highest BCUT2D eigenvalue weighted by molar-refractivity contribution is 6.30. The molecule has 0 aliphatic carbocycles. The smallest absolute Gasteiger partial charge is 0.107 e. The summed E-state index contributed by atoms with van der Waals surface area (Å²) >= 11 is 5.93. The number of fused-ring (bicyclic) bond motifs is 1. The zero-order chi connectivity index (χ0) is 11.0. The molecule has 1 nitrogen and oxygen atoms in total. The average Bonchev–Trinajstić information content (AvgIpc) is 2.69. The molecule has 16 heavy (non-hydrogen) atoms. The maximum atomic E-state index is 5.93. The number of hydrogen-bond donors (Lipinski definition) is 1. The minimum atomic E-state index is 0.681. The molecule has 0 radical (unpaired) electrons. The predicted molar refractivity (Wildman–Crippen MR) is 68.7 cm³/mol. The molecule has 0 fully saturated rings. The zero-order valence-corrected chi connectivity index (χ0v) is 9.33. The van der Waals surface area contributed by atoms with Gasteiger partial charge < -0.3 is 4.98 Å². The largest absolute Gasteiger partial charge is 0.346 e. The topological polar surface area (TPSA) is 15.8 Å². The summed E-state index contributed by atoms with van der Waals surface area (Å²) in [4.78, 5) is 3.13. The van der Waals surface area contributed by atoms with Crippen molar-refractivity contribution in [2.45, 2.75) is 0 Å². The van der Waals surface area contributed by atoms with Crippen LogP contribution in [0, 0.1) is 0 Å². The second-order valence-electron chi connectivity index (χ2n) is 3.79. The number of halogens is 1. The van der Waals surface area contributed by atoms with Gasteiger partial charge in [0.15, 0.2) is 0 Å². The summed E-state index contributed by atoms with van der Waals surface area (Å²) in [6, 6.07) is 18.6. The molecule has 0 aliphatic rings. The Morgan fingerprint density at radius 3 is 2.44 bits per heavy atom. The summed E-state index contributed by atoms with van der Waals surface area (Å²) in [6.07, 6.45) is 0. The first-order valence-corrected chi connectivity index (χ1v) is 5.54. The van der Waals surface area contributed by atoms with Crippen LogP contribution in [0.5, 0.6) is 0 Å². The van der Waals surface area contributed by atoms with Crippen molar-refractivity contribution < 1.29 is 0 Å². The number of hydrogen-bond acceptors (Lipinski definition) is 0. The van der Waals surface area contributed by atoms with Gasteiger partial charge in [-0.3, -0.25) is 0 Å². The molecule has 78 valence electrons. The van der Waals surface area contributed by atoms with Gasteiger partial charge in [-0.15, -0.1) is 0 Å². The Balaban J connectivity index is 2.18. The van der Waals surface area contributed by atoms with E-state index in [4.69, 9.17) is 11.6 Å². The Labute approximate surface area is 98.7 Å². The third kappa shape index (κ3) is 1.59. The Kier molecular flexibility index (Phi) is 2.19. The SMILES string of the molecule is Clc1cc2ccc(-c3ccccc3)cc2[nH]1. The van der Waals surface area contributed by atoms with Gasteiger partial charge in [-0.2, -0.15) is 0 Å². The van der Waals surface area contributed by atoms with Crippen molar-refractivity contribution in [2.75, 3.05) is 0 Å². The fraction of sp³-hybridized carbons (Fsp3) is 0. The van der Waals surface area contributed by atoms with Gasteiger partial charge in [-0.05, 0) is 23.3 Å². The molecule has 0 spiro atoms. The fourth-order valence-electron chi connectivity index (χ4n) is 1.90. The molecule has 0 atom stereocenters. The van der Waals surface area contributed by atoms with E-state index in [1.165, 1.54) is 11.1 Å². The van der Waals surface area contributed by atoms with Crippen LogP contribution in [0.15, 0.2) is 54.6 Å². The molecule has 3 rings (SSSR count). The molecular weight excluding hydrogens is 218 g/mol. The van der Waals surface area contributed by atoms with Crippen molar-refractivity contribution in [2.24, 2.45) is 0 Å². The van der Waals surface area contributed by atoms with Crippen LogP contribution in [-0.2, 0) is 0 Å². The van der Waals surface area contributed by atoms with E-state index in [2.05, 4.69) is 35.3 Å². The van der Waals surface area contributed by atoms with Crippen LogP contribution in [0.2, 0.25) is 5.15 Å². The predicted octanol–water partition coefficient (Wildman–Crippen LogP) is 4.49. The second kappa shape index (κ2) is 3.69. The maximum Gasteiger partial charge on any atom is 0.107 e. The van der Waals surface area contributed by atoms with E-state index in [-0.39, 0.29) is 0 Å². The normalized spacial score (nSPS) is 10.8. The number of H-pyrrole nitrogens is 1. The average molecular weight is 228 g/mol. The minimum Gasteiger partial charge on any atom is -0.346 e. The van der Waals surface area contributed by atoms with Crippen LogP contribution in [0.3, 0.4) is 0 Å². The number of aromatic amines is 1. The van der Waals surface area contributed by atoms with Crippen molar-refractivity contribution in [3.8, 4) is 11.1 Å². The van der Waals surface area contributed by atoms with E-state index in [9.17, 15) is 0 Å². The summed E-state index contributed by atoms with van der Waals surface area (Å²) in [6.45, 7) is 0. The molecule has 0 saturated heterocycles. The first kappa shape index (κ1) is 9.49. The molecule has 0 bridgehead atoms. The molecule has 1 aromatic heterocycles. The molecule has 2 heteroatoms. The Hall–Kier alpha value is -1.73. The van der Waals surface area contributed by atoms with Crippen LogP contribution >= 0.6 is 11.6 Å². The van der Waals surface area contributed by atoms with Crippen molar-refractivity contribution >= 4 is 22.5 Å². The lowest BCUT2D eigenvalue weighted by molar-refractivity contribution is 1.47. The summed E-state index contributed by atoms with van der Waals surface area (Å²) in [5, 5.41) is 1.82. The summed E-state index contributed by atoms with van der Waals surface area (Å²) in [5.74, 6) is 0. The van der Waals surface area contributed by atoms with E-state index in [0.717, 1.165) is 10.9 Å². The standard InChI is InChI=1S/C14H10ClN/c15-14-9-12-7-6-11(8-13(12)16-14)10-4-2-1-3-5-10/h1-9,16H. The van der Waals surface area contributed by atoms with Gasteiger partial charge in [-0.1, -0.05) is 54.1 Å². The highest BCUT2D eigenvalue weighted by Crippen LogP contribution is 2.25. The van der Waals surface area contributed by atoms with E-state index in [1.54, 1.807) is 0 Å². The molecule has 0 unspecified atom stereocenters. The van der Waals surface area contributed by atoms with Crippen LogP contribution in [-0.4, -0.2) is 4.98 Å². The third-order valence-electron chi connectivity index (χ3n) is 2.70. The second-order valence-corrected chi connectivity index (χ2v) is 4.19. The lowest BCUT2D eigenvalue weighted by Crippen LogP contribution is -1.76. The molecule has 3 aromatic rings. The third-order valence-corrected chi connectivity index (χ3v) is 2.90. The monoisotopic (exact) mass is 227 g/mol. The molecule has 1 heterocycles. The highest BCUT2D eigenvalue weighted by Gasteiger charge is 2.01. The van der Waals surface area contributed by atoms with Gasteiger partial charge in [0.25, 0.3) is 0 Å². The summed E-state index contributed by atoms with van der Waals surface area (Å²) in [5.41, 5.74) is 3.49. The first-order valence-electron chi connectivity index (χ1n) is 5.17. The Morgan fingerprint density at radius 2 is 1.62 bits per heavy atom. The quantitative estimate of drug-likeness (QED) is 0.631. The molecular formula is C14H10ClN. The Bertz CT molecular complexity index is 626. The fourth-order valence-corrected chi connectivity index (χ4v) is 2.12. The van der Waals surface area contributed by atoms with Crippen LogP contribution in [0.25, 0.3) is 22.0 Å². The number of rotatable bonds is 1. The lowest BCUT2D eigenvalue weighted by Gasteiger charge is -2.00. The molecule has 0 amide bonds. The van der Waals surface area contributed by atoms with Crippen molar-refractivity contribution in [1.82, 2.24) is 4.98 Å². The van der Waals surface area contributed by atoms with E-state index in [1.807, 2.05) is 24.3 Å². The maximum absolute atomic E-state index is 5.93. The van der Waals surface area contributed by atoms with Gasteiger partial charge in [0.1, 0.15) is 5.15 Å². The van der Waals surface area contributed by atoms with Crippen molar-refractivity contribution in [3.63, 3.8) is 0 Å².